The molecule has 104 valence electrons. The standard InChI is InChI=1S/C12H16BrN3O3/c1-8-9(16(18)19)6-14-11(10(8)13)15-7-12(2-3-12)4-5-17/h6,17H,2-5,7H2,1H3,(H,14,15). The summed E-state index contributed by atoms with van der Waals surface area (Å²) >= 11 is 3.35. The first kappa shape index (κ1) is 14.2. The lowest BCUT2D eigenvalue weighted by Crippen LogP contribution is -2.18. The highest BCUT2D eigenvalue weighted by atomic mass is 79.9. The summed E-state index contributed by atoms with van der Waals surface area (Å²) in [4.78, 5) is 14.4. The van der Waals surface area contributed by atoms with Crippen LogP contribution in [0, 0.1) is 22.5 Å². The van der Waals surface area contributed by atoms with Gasteiger partial charge in [0, 0.05) is 18.7 Å². The maximum absolute atomic E-state index is 10.8. The van der Waals surface area contributed by atoms with Crippen molar-refractivity contribution >= 4 is 27.4 Å². The third kappa shape index (κ3) is 3.03. The Morgan fingerprint density at radius 2 is 2.32 bits per heavy atom. The van der Waals surface area contributed by atoms with Crippen LogP contribution >= 0.6 is 15.9 Å². The van der Waals surface area contributed by atoms with E-state index in [1.807, 2.05) is 0 Å². The summed E-state index contributed by atoms with van der Waals surface area (Å²) in [6, 6.07) is 0. The van der Waals surface area contributed by atoms with Gasteiger partial charge in [-0.25, -0.2) is 4.98 Å². The average Bonchev–Trinajstić information content (AvgIpc) is 3.11. The molecule has 7 heteroatoms. The monoisotopic (exact) mass is 329 g/mol. The van der Waals surface area contributed by atoms with Crippen molar-refractivity contribution in [3.8, 4) is 0 Å². The number of aromatic nitrogens is 1. The summed E-state index contributed by atoms with van der Waals surface area (Å²) in [7, 11) is 0. The molecule has 1 fully saturated rings. The van der Waals surface area contributed by atoms with Gasteiger partial charge < -0.3 is 10.4 Å². The molecular weight excluding hydrogens is 314 g/mol. The van der Waals surface area contributed by atoms with Crippen LogP contribution in [0.25, 0.3) is 0 Å². The lowest BCUT2D eigenvalue weighted by atomic mass is 10.0. The zero-order valence-corrected chi connectivity index (χ0v) is 12.2. The fourth-order valence-corrected chi connectivity index (χ4v) is 2.52. The number of nitrogens with zero attached hydrogens (tertiary/aromatic N) is 2. The summed E-state index contributed by atoms with van der Waals surface area (Å²) < 4.78 is 0.626. The number of pyridine rings is 1. The fourth-order valence-electron chi connectivity index (χ4n) is 2.08. The van der Waals surface area contributed by atoms with E-state index in [1.54, 1.807) is 6.92 Å². The van der Waals surface area contributed by atoms with Crippen molar-refractivity contribution in [2.24, 2.45) is 5.41 Å². The minimum absolute atomic E-state index is 0.00826. The topological polar surface area (TPSA) is 88.3 Å². The van der Waals surface area contributed by atoms with Crippen LogP contribution in [-0.4, -0.2) is 28.2 Å². The van der Waals surface area contributed by atoms with E-state index in [4.69, 9.17) is 5.11 Å². The molecule has 0 unspecified atom stereocenters. The van der Waals surface area contributed by atoms with E-state index in [0.29, 0.717) is 15.9 Å². The van der Waals surface area contributed by atoms with Crippen molar-refractivity contribution in [3.63, 3.8) is 0 Å². The van der Waals surface area contributed by atoms with Gasteiger partial charge in [-0.1, -0.05) is 0 Å². The van der Waals surface area contributed by atoms with E-state index >= 15 is 0 Å². The van der Waals surface area contributed by atoms with Gasteiger partial charge in [0.2, 0.25) is 0 Å². The third-order valence-electron chi connectivity index (χ3n) is 3.66. The van der Waals surface area contributed by atoms with Gasteiger partial charge in [0.25, 0.3) is 5.69 Å². The molecule has 6 nitrogen and oxygen atoms in total. The third-order valence-corrected chi connectivity index (χ3v) is 4.63. The molecule has 1 aliphatic carbocycles. The molecule has 0 spiro atoms. The Kier molecular flexibility index (Phi) is 4.05. The number of hydrogen-bond acceptors (Lipinski definition) is 5. The van der Waals surface area contributed by atoms with Crippen LogP contribution in [-0.2, 0) is 0 Å². The first-order chi connectivity index (χ1) is 8.99. The molecule has 1 aliphatic rings. The summed E-state index contributed by atoms with van der Waals surface area (Å²) in [5.41, 5.74) is 0.745. The summed E-state index contributed by atoms with van der Waals surface area (Å²) in [5, 5.41) is 23.0. The van der Waals surface area contributed by atoms with E-state index in [-0.39, 0.29) is 17.7 Å². The second-order valence-electron chi connectivity index (χ2n) is 5.02. The number of nitrogens with one attached hydrogen (secondary N) is 1. The van der Waals surface area contributed by atoms with Crippen molar-refractivity contribution < 1.29 is 10.0 Å². The largest absolute Gasteiger partial charge is 0.396 e. The predicted molar refractivity (Wildman–Crippen MR) is 75.2 cm³/mol. The van der Waals surface area contributed by atoms with Gasteiger partial charge in [0.15, 0.2) is 0 Å². The molecule has 0 amide bonds. The van der Waals surface area contributed by atoms with Gasteiger partial charge in [-0.2, -0.15) is 0 Å². The highest BCUT2D eigenvalue weighted by Gasteiger charge is 2.41. The molecule has 19 heavy (non-hydrogen) atoms. The van der Waals surface area contributed by atoms with Crippen LogP contribution in [0.1, 0.15) is 24.8 Å². The predicted octanol–water partition coefficient (Wildman–Crippen LogP) is 2.64. The number of nitro groups is 1. The fraction of sp³-hybridized carbons (Fsp3) is 0.583. The molecule has 0 aromatic carbocycles. The lowest BCUT2D eigenvalue weighted by Gasteiger charge is -2.16. The van der Waals surface area contributed by atoms with Gasteiger partial charge in [0.05, 0.1) is 9.40 Å². The SMILES string of the molecule is Cc1c([N+](=O)[O-])cnc(NCC2(CCO)CC2)c1Br. The van der Waals surface area contributed by atoms with Gasteiger partial charge in [-0.3, -0.25) is 10.1 Å². The Labute approximate surface area is 119 Å². The van der Waals surface area contributed by atoms with Crippen molar-refractivity contribution in [3.05, 3.63) is 26.3 Å². The smallest absolute Gasteiger partial charge is 0.291 e. The number of hydrogen-bond donors (Lipinski definition) is 2. The summed E-state index contributed by atoms with van der Waals surface area (Å²) in [6.45, 7) is 2.61. The van der Waals surface area contributed by atoms with Gasteiger partial charge in [-0.15, -0.1) is 0 Å². The lowest BCUT2D eigenvalue weighted by molar-refractivity contribution is -0.385. The van der Waals surface area contributed by atoms with Crippen molar-refractivity contribution in [1.29, 1.82) is 0 Å². The Morgan fingerprint density at radius 3 is 2.84 bits per heavy atom. The molecule has 1 aromatic rings. The van der Waals surface area contributed by atoms with Crippen LogP contribution in [0.3, 0.4) is 0 Å². The van der Waals surface area contributed by atoms with Crippen molar-refractivity contribution in [2.75, 3.05) is 18.5 Å². The molecule has 1 aromatic heterocycles. The molecular formula is C12H16BrN3O3. The highest BCUT2D eigenvalue weighted by Crippen LogP contribution is 2.48. The number of rotatable bonds is 6. The van der Waals surface area contributed by atoms with Crippen LogP contribution in [0.5, 0.6) is 0 Å². The van der Waals surface area contributed by atoms with Crippen LogP contribution in [0.4, 0.5) is 11.5 Å². The maximum Gasteiger partial charge on any atom is 0.291 e. The minimum Gasteiger partial charge on any atom is -0.396 e. The molecule has 0 bridgehead atoms. The molecule has 0 radical (unpaired) electrons. The molecule has 1 saturated carbocycles. The number of halogens is 1. The van der Waals surface area contributed by atoms with Crippen LogP contribution in [0.2, 0.25) is 0 Å². The normalized spacial score (nSPS) is 16.2. The second-order valence-corrected chi connectivity index (χ2v) is 5.81. The average molecular weight is 330 g/mol. The van der Waals surface area contributed by atoms with E-state index in [0.717, 1.165) is 25.8 Å². The van der Waals surface area contributed by atoms with E-state index in [9.17, 15) is 10.1 Å². The van der Waals surface area contributed by atoms with Gasteiger partial charge >= 0.3 is 0 Å². The van der Waals surface area contributed by atoms with E-state index in [1.165, 1.54) is 6.20 Å². The van der Waals surface area contributed by atoms with Gasteiger partial charge in [-0.05, 0) is 47.5 Å². The van der Waals surface area contributed by atoms with Crippen LogP contribution < -0.4 is 5.32 Å². The molecule has 0 saturated heterocycles. The summed E-state index contributed by atoms with van der Waals surface area (Å²) in [5.74, 6) is 0.618. The highest BCUT2D eigenvalue weighted by molar-refractivity contribution is 9.10. The molecule has 1 heterocycles. The Hall–Kier alpha value is -1.21. The molecule has 0 aliphatic heterocycles. The summed E-state index contributed by atoms with van der Waals surface area (Å²) in [6.07, 6.45) is 4.26. The van der Waals surface area contributed by atoms with Crippen molar-refractivity contribution in [1.82, 2.24) is 4.98 Å². The maximum atomic E-state index is 10.8. The quantitative estimate of drug-likeness (QED) is 0.618. The Balaban J connectivity index is 2.09. The zero-order chi connectivity index (χ0) is 14.0. The molecule has 2 rings (SSSR count). The molecule has 2 N–H and O–H groups in total. The first-order valence-electron chi connectivity index (χ1n) is 6.13. The van der Waals surface area contributed by atoms with Crippen molar-refractivity contribution in [2.45, 2.75) is 26.2 Å². The number of anilines is 1. The zero-order valence-electron chi connectivity index (χ0n) is 10.6. The number of aliphatic hydroxyl groups is 1. The van der Waals surface area contributed by atoms with E-state index < -0.39 is 4.92 Å². The Bertz CT molecular complexity index is 503. The molecule has 0 atom stereocenters. The van der Waals surface area contributed by atoms with E-state index in [2.05, 4.69) is 26.2 Å². The first-order valence-corrected chi connectivity index (χ1v) is 6.93. The second kappa shape index (κ2) is 5.42. The minimum atomic E-state index is -0.439. The van der Waals surface area contributed by atoms with Crippen LogP contribution in [0.15, 0.2) is 10.7 Å². The number of aliphatic hydroxyl groups excluding tert-OH is 1. The van der Waals surface area contributed by atoms with Gasteiger partial charge in [0.1, 0.15) is 12.0 Å². The Morgan fingerprint density at radius 1 is 1.63 bits per heavy atom.